The minimum absolute atomic E-state index is 0.0454. The van der Waals surface area contributed by atoms with Crippen LogP contribution in [0.15, 0.2) is 18.2 Å². The summed E-state index contributed by atoms with van der Waals surface area (Å²) in [5.41, 5.74) is 12.6. The molecule has 1 aromatic carbocycles. The number of nitrogen functional groups attached to an aromatic ring is 1. The van der Waals surface area contributed by atoms with Gasteiger partial charge >= 0.3 is 0 Å². The largest absolute Gasteiger partial charge is 0.397 e. The standard InChI is InChI=1S/C12H19N3O3/c1-18-8-6-15(5-7-16)11-9(12(14)17)3-2-4-10(11)13/h2-4,16H,5-8,13H2,1H3,(H2,14,17). The average Bonchev–Trinajstić information content (AvgIpc) is 2.34. The average molecular weight is 253 g/mol. The molecule has 0 bridgehead atoms. The normalized spacial score (nSPS) is 10.3. The molecule has 0 aromatic heterocycles. The number of nitrogens with zero attached hydrogens (tertiary/aromatic N) is 1. The smallest absolute Gasteiger partial charge is 0.250 e. The van der Waals surface area contributed by atoms with Crippen LogP contribution in [-0.4, -0.2) is 44.4 Å². The Morgan fingerprint density at radius 3 is 2.72 bits per heavy atom. The number of hydrogen-bond acceptors (Lipinski definition) is 5. The molecule has 0 aliphatic heterocycles. The molecule has 6 nitrogen and oxygen atoms in total. The second-order valence-electron chi connectivity index (χ2n) is 3.81. The van der Waals surface area contributed by atoms with E-state index >= 15 is 0 Å². The molecular weight excluding hydrogens is 234 g/mol. The van der Waals surface area contributed by atoms with Gasteiger partial charge in [0.1, 0.15) is 0 Å². The number of primary amides is 1. The van der Waals surface area contributed by atoms with Crippen molar-refractivity contribution in [2.24, 2.45) is 5.73 Å². The van der Waals surface area contributed by atoms with Gasteiger partial charge in [0.2, 0.25) is 0 Å². The number of hydrogen-bond donors (Lipinski definition) is 3. The van der Waals surface area contributed by atoms with E-state index in [4.69, 9.17) is 21.3 Å². The van der Waals surface area contributed by atoms with E-state index < -0.39 is 5.91 Å². The fourth-order valence-electron chi connectivity index (χ4n) is 1.77. The minimum Gasteiger partial charge on any atom is -0.397 e. The molecular formula is C12H19N3O3. The van der Waals surface area contributed by atoms with E-state index in [1.165, 1.54) is 0 Å². The highest BCUT2D eigenvalue weighted by atomic mass is 16.5. The second kappa shape index (κ2) is 6.83. The molecule has 1 rings (SSSR count). The summed E-state index contributed by atoms with van der Waals surface area (Å²) in [6.45, 7) is 1.30. The lowest BCUT2D eigenvalue weighted by Gasteiger charge is -2.26. The fraction of sp³-hybridized carbons (Fsp3) is 0.417. The lowest BCUT2D eigenvalue weighted by Crippen LogP contribution is -2.33. The first kappa shape index (κ1) is 14.3. The van der Waals surface area contributed by atoms with Crippen LogP contribution < -0.4 is 16.4 Å². The predicted molar refractivity (Wildman–Crippen MR) is 70.5 cm³/mol. The molecule has 0 saturated heterocycles. The number of aliphatic hydroxyl groups excluding tert-OH is 1. The summed E-state index contributed by atoms with van der Waals surface area (Å²) < 4.78 is 5.00. The van der Waals surface area contributed by atoms with E-state index in [-0.39, 0.29) is 6.61 Å². The number of ether oxygens (including phenoxy) is 1. The van der Waals surface area contributed by atoms with Gasteiger partial charge in [0.25, 0.3) is 5.91 Å². The van der Waals surface area contributed by atoms with Crippen LogP contribution in [0.2, 0.25) is 0 Å². The number of carbonyl (C=O) groups is 1. The molecule has 0 spiro atoms. The first-order valence-electron chi connectivity index (χ1n) is 5.64. The van der Waals surface area contributed by atoms with Crippen LogP contribution in [0.25, 0.3) is 0 Å². The quantitative estimate of drug-likeness (QED) is 0.585. The van der Waals surface area contributed by atoms with Crippen molar-refractivity contribution >= 4 is 17.3 Å². The van der Waals surface area contributed by atoms with Gasteiger partial charge in [-0.25, -0.2) is 0 Å². The minimum atomic E-state index is -0.544. The van der Waals surface area contributed by atoms with E-state index in [2.05, 4.69) is 0 Å². The summed E-state index contributed by atoms with van der Waals surface area (Å²) in [7, 11) is 1.58. The van der Waals surface area contributed by atoms with Gasteiger partial charge in [-0.2, -0.15) is 0 Å². The lowest BCUT2D eigenvalue weighted by atomic mass is 10.1. The van der Waals surface area contributed by atoms with Crippen molar-refractivity contribution < 1.29 is 14.6 Å². The second-order valence-corrected chi connectivity index (χ2v) is 3.81. The Morgan fingerprint density at radius 1 is 1.44 bits per heavy atom. The Balaban J connectivity index is 3.12. The zero-order valence-electron chi connectivity index (χ0n) is 10.4. The Hall–Kier alpha value is -1.79. The maximum absolute atomic E-state index is 11.4. The van der Waals surface area contributed by atoms with Gasteiger partial charge in [0.05, 0.1) is 30.2 Å². The molecule has 0 atom stereocenters. The van der Waals surface area contributed by atoms with Crippen molar-refractivity contribution in [3.05, 3.63) is 23.8 Å². The molecule has 0 saturated carbocycles. The topological polar surface area (TPSA) is 102 Å². The van der Waals surface area contributed by atoms with Gasteiger partial charge < -0.3 is 26.2 Å². The maximum atomic E-state index is 11.4. The number of anilines is 2. The van der Waals surface area contributed by atoms with Crippen LogP contribution in [0.5, 0.6) is 0 Å². The van der Waals surface area contributed by atoms with Gasteiger partial charge in [0, 0.05) is 20.2 Å². The van der Waals surface area contributed by atoms with Crippen LogP contribution in [-0.2, 0) is 4.74 Å². The number of amides is 1. The first-order valence-corrected chi connectivity index (χ1v) is 5.64. The molecule has 0 aliphatic rings. The molecule has 1 amide bonds. The molecule has 1 aromatic rings. The van der Waals surface area contributed by atoms with Crippen molar-refractivity contribution in [3.63, 3.8) is 0 Å². The summed E-state index contributed by atoms with van der Waals surface area (Å²) in [4.78, 5) is 13.2. The highest BCUT2D eigenvalue weighted by molar-refractivity contribution is 6.01. The van der Waals surface area contributed by atoms with Gasteiger partial charge in [0.15, 0.2) is 0 Å². The van der Waals surface area contributed by atoms with Crippen LogP contribution in [0.3, 0.4) is 0 Å². The summed E-state index contributed by atoms with van der Waals surface area (Å²) in [6.07, 6.45) is 0. The number of rotatable bonds is 7. The Kier molecular flexibility index (Phi) is 5.41. The molecule has 6 heteroatoms. The number of carbonyl (C=O) groups excluding carboxylic acids is 1. The maximum Gasteiger partial charge on any atom is 0.250 e. The molecule has 18 heavy (non-hydrogen) atoms. The number of aliphatic hydroxyl groups is 1. The van der Waals surface area contributed by atoms with E-state index in [9.17, 15) is 4.79 Å². The van der Waals surface area contributed by atoms with E-state index in [1.54, 1.807) is 30.2 Å². The summed E-state index contributed by atoms with van der Waals surface area (Å²) in [5.74, 6) is -0.544. The summed E-state index contributed by atoms with van der Waals surface area (Å²) in [5, 5.41) is 9.08. The molecule has 0 fully saturated rings. The first-order chi connectivity index (χ1) is 8.61. The van der Waals surface area contributed by atoms with Gasteiger partial charge in [-0.15, -0.1) is 0 Å². The van der Waals surface area contributed by atoms with Crippen LogP contribution in [0, 0.1) is 0 Å². The third kappa shape index (κ3) is 3.35. The Labute approximate surface area is 106 Å². The van der Waals surface area contributed by atoms with Gasteiger partial charge in [-0.1, -0.05) is 6.07 Å². The monoisotopic (exact) mass is 253 g/mol. The summed E-state index contributed by atoms with van der Waals surface area (Å²) >= 11 is 0. The van der Waals surface area contributed by atoms with Crippen molar-refractivity contribution in [2.75, 3.05) is 44.0 Å². The molecule has 0 unspecified atom stereocenters. The Morgan fingerprint density at radius 2 is 2.17 bits per heavy atom. The van der Waals surface area contributed by atoms with Crippen molar-refractivity contribution in [1.82, 2.24) is 0 Å². The van der Waals surface area contributed by atoms with Crippen LogP contribution in [0.4, 0.5) is 11.4 Å². The molecule has 0 heterocycles. The summed E-state index contributed by atoms with van der Waals surface area (Å²) in [6, 6.07) is 4.98. The SMILES string of the molecule is COCCN(CCO)c1c(N)cccc1C(N)=O. The zero-order chi connectivity index (χ0) is 13.5. The van der Waals surface area contributed by atoms with E-state index in [1.807, 2.05) is 0 Å². The van der Waals surface area contributed by atoms with E-state index in [0.717, 1.165) is 0 Å². The molecule has 0 radical (unpaired) electrons. The zero-order valence-corrected chi connectivity index (χ0v) is 10.4. The molecule has 0 aliphatic carbocycles. The molecule has 5 N–H and O–H groups in total. The van der Waals surface area contributed by atoms with Crippen molar-refractivity contribution in [1.29, 1.82) is 0 Å². The highest BCUT2D eigenvalue weighted by Gasteiger charge is 2.17. The van der Waals surface area contributed by atoms with Gasteiger partial charge in [-0.05, 0) is 12.1 Å². The number of para-hydroxylation sites is 1. The predicted octanol–water partition coefficient (Wildman–Crippen LogP) is -0.187. The third-order valence-corrected chi connectivity index (χ3v) is 2.58. The third-order valence-electron chi connectivity index (χ3n) is 2.58. The number of nitrogens with two attached hydrogens (primary N) is 2. The van der Waals surface area contributed by atoms with Crippen molar-refractivity contribution in [2.45, 2.75) is 0 Å². The fourth-order valence-corrected chi connectivity index (χ4v) is 1.77. The van der Waals surface area contributed by atoms with Crippen molar-refractivity contribution in [3.8, 4) is 0 Å². The molecule has 100 valence electrons. The van der Waals surface area contributed by atoms with Crippen LogP contribution in [0.1, 0.15) is 10.4 Å². The van der Waals surface area contributed by atoms with E-state index in [0.29, 0.717) is 36.6 Å². The highest BCUT2D eigenvalue weighted by Crippen LogP contribution is 2.27. The van der Waals surface area contributed by atoms with Crippen LogP contribution >= 0.6 is 0 Å². The van der Waals surface area contributed by atoms with Gasteiger partial charge in [-0.3, -0.25) is 4.79 Å². The number of methoxy groups -OCH3 is 1. The lowest BCUT2D eigenvalue weighted by molar-refractivity contribution is 0.100. The Bertz CT molecular complexity index is 410. The number of benzene rings is 1.